The van der Waals surface area contributed by atoms with Gasteiger partial charge in [-0.25, -0.2) is 0 Å². The summed E-state index contributed by atoms with van der Waals surface area (Å²) in [5.41, 5.74) is 0.914. The number of nitrogens with zero attached hydrogens (tertiary/aromatic N) is 3. The molecule has 102 valence electrons. The first-order valence-electron chi connectivity index (χ1n) is 6.42. The van der Waals surface area contributed by atoms with E-state index in [1.54, 1.807) is 0 Å². The highest BCUT2D eigenvalue weighted by Crippen LogP contribution is 2.13. The van der Waals surface area contributed by atoms with Crippen molar-refractivity contribution >= 4 is 0 Å². The number of rotatable bonds is 6. The molecule has 1 aromatic carbocycles. The van der Waals surface area contributed by atoms with Crippen molar-refractivity contribution in [3.8, 4) is 0 Å². The van der Waals surface area contributed by atoms with Crippen molar-refractivity contribution in [2.75, 3.05) is 13.6 Å². The average Bonchev–Trinajstić information content (AvgIpc) is 2.87. The number of aromatic nitrogens is 2. The van der Waals surface area contributed by atoms with Crippen LogP contribution in [0.15, 0.2) is 34.9 Å². The Hall–Kier alpha value is -1.72. The molecule has 1 atom stereocenters. The van der Waals surface area contributed by atoms with Gasteiger partial charge in [0.05, 0.1) is 12.6 Å². The third-order valence-corrected chi connectivity index (χ3v) is 2.89. The van der Waals surface area contributed by atoms with E-state index < -0.39 is 6.10 Å². The van der Waals surface area contributed by atoms with Crippen molar-refractivity contribution < 1.29 is 9.63 Å². The standard InChI is InChI=1S/C14H19N3O2/c1-3-14-15-13(16-19-14)10-17(2)9-12(18)11-7-5-4-6-8-11/h4-8,12,18H,3,9-10H2,1-2H3/t12-/m1/s1. The summed E-state index contributed by atoms with van der Waals surface area (Å²) < 4.78 is 5.05. The molecule has 5 heteroatoms. The predicted molar refractivity (Wildman–Crippen MR) is 71.4 cm³/mol. The van der Waals surface area contributed by atoms with Crippen LogP contribution in [0.25, 0.3) is 0 Å². The average molecular weight is 261 g/mol. The van der Waals surface area contributed by atoms with E-state index in [0.717, 1.165) is 12.0 Å². The van der Waals surface area contributed by atoms with Gasteiger partial charge in [0.25, 0.3) is 0 Å². The molecule has 19 heavy (non-hydrogen) atoms. The van der Waals surface area contributed by atoms with E-state index in [0.29, 0.717) is 24.8 Å². The Morgan fingerprint density at radius 2 is 2.05 bits per heavy atom. The summed E-state index contributed by atoms with van der Waals surface area (Å²) in [5.74, 6) is 1.30. The molecule has 2 rings (SSSR count). The number of hydrogen-bond donors (Lipinski definition) is 1. The van der Waals surface area contributed by atoms with Gasteiger partial charge in [0, 0.05) is 13.0 Å². The van der Waals surface area contributed by atoms with Gasteiger partial charge in [-0.05, 0) is 12.6 Å². The van der Waals surface area contributed by atoms with E-state index in [1.165, 1.54) is 0 Å². The molecule has 2 aromatic rings. The van der Waals surface area contributed by atoms with Crippen molar-refractivity contribution in [3.05, 3.63) is 47.6 Å². The zero-order chi connectivity index (χ0) is 13.7. The largest absolute Gasteiger partial charge is 0.387 e. The Bertz CT molecular complexity index is 498. The Balaban J connectivity index is 1.88. The van der Waals surface area contributed by atoms with E-state index in [-0.39, 0.29) is 0 Å². The number of likely N-dealkylation sites (N-methyl/N-ethyl adjacent to an activating group) is 1. The smallest absolute Gasteiger partial charge is 0.226 e. The number of aliphatic hydroxyl groups excluding tert-OH is 1. The highest BCUT2D eigenvalue weighted by molar-refractivity contribution is 5.17. The van der Waals surface area contributed by atoms with Crippen LogP contribution in [-0.4, -0.2) is 33.7 Å². The van der Waals surface area contributed by atoms with Crippen LogP contribution in [0.2, 0.25) is 0 Å². The molecule has 0 aliphatic carbocycles. The molecule has 0 saturated carbocycles. The maximum absolute atomic E-state index is 10.1. The maximum atomic E-state index is 10.1. The molecule has 0 aliphatic heterocycles. The Labute approximate surface area is 112 Å². The van der Waals surface area contributed by atoms with Crippen LogP contribution in [0.5, 0.6) is 0 Å². The van der Waals surface area contributed by atoms with E-state index >= 15 is 0 Å². The lowest BCUT2D eigenvalue weighted by atomic mass is 10.1. The van der Waals surface area contributed by atoms with Gasteiger partial charge in [0.1, 0.15) is 0 Å². The zero-order valence-electron chi connectivity index (χ0n) is 11.3. The molecule has 0 fully saturated rings. The second-order valence-corrected chi connectivity index (χ2v) is 4.58. The van der Waals surface area contributed by atoms with Gasteiger partial charge in [-0.15, -0.1) is 0 Å². The molecule has 0 radical (unpaired) electrons. The van der Waals surface area contributed by atoms with Crippen molar-refractivity contribution in [2.45, 2.75) is 26.0 Å². The Morgan fingerprint density at radius 1 is 1.32 bits per heavy atom. The number of benzene rings is 1. The van der Waals surface area contributed by atoms with E-state index in [4.69, 9.17) is 4.52 Å². The molecule has 5 nitrogen and oxygen atoms in total. The van der Waals surface area contributed by atoms with Gasteiger partial charge < -0.3 is 9.63 Å². The molecular weight excluding hydrogens is 242 g/mol. The fraction of sp³-hybridized carbons (Fsp3) is 0.429. The van der Waals surface area contributed by atoms with Crippen molar-refractivity contribution in [2.24, 2.45) is 0 Å². The minimum absolute atomic E-state index is 0.510. The van der Waals surface area contributed by atoms with Crippen LogP contribution in [0.4, 0.5) is 0 Å². The summed E-state index contributed by atoms with van der Waals surface area (Å²) in [5, 5.41) is 14.0. The monoisotopic (exact) mass is 261 g/mol. The molecule has 1 N–H and O–H groups in total. The predicted octanol–water partition coefficient (Wildman–Crippen LogP) is 1.80. The van der Waals surface area contributed by atoms with Crippen LogP contribution < -0.4 is 0 Å². The Morgan fingerprint density at radius 3 is 2.68 bits per heavy atom. The molecule has 1 aromatic heterocycles. The molecular formula is C14H19N3O2. The highest BCUT2D eigenvalue weighted by atomic mass is 16.5. The maximum Gasteiger partial charge on any atom is 0.226 e. The fourth-order valence-electron chi connectivity index (χ4n) is 1.88. The first-order chi connectivity index (χ1) is 9.19. The number of aliphatic hydroxyl groups is 1. The third-order valence-electron chi connectivity index (χ3n) is 2.89. The molecule has 0 aliphatic rings. The second-order valence-electron chi connectivity index (χ2n) is 4.58. The molecule has 0 amide bonds. The van der Waals surface area contributed by atoms with E-state index in [9.17, 15) is 5.11 Å². The molecule has 0 saturated heterocycles. The second kappa shape index (κ2) is 6.45. The summed E-state index contributed by atoms with van der Waals surface area (Å²) in [6.07, 6.45) is 0.229. The van der Waals surface area contributed by atoms with E-state index in [1.807, 2.05) is 49.2 Å². The van der Waals surface area contributed by atoms with Crippen LogP contribution >= 0.6 is 0 Å². The van der Waals surface area contributed by atoms with Gasteiger partial charge in [0.15, 0.2) is 5.82 Å². The van der Waals surface area contributed by atoms with E-state index in [2.05, 4.69) is 10.1 Å². The van der Waals surface area contributed by atoms with Gasteiger partial charge in [-0.2, -0.15) is 4.98 Å². The van der Waals surface area contributed by atoms with Gasteiger partial charge in [-0.1, -0.05) is 42.4 Å². The Kier molecular flexibility index (Phi) is 4.65. The highest BCUT2D eigenvalue weighted by Gasteiger charge is 2.13. The molecule has 1 heterocycles. The lowest BCUT2D eigenvalue weighted by Gasteiger charge is -2.19. The topological polar surface area (TPSA) is 62.4 Å². The van der Waals surface area contributed by atoms with Gasteiger partial charge >= 0.3 is 0 Å². The SMILES string of the molecule is CCc1nc(CN(C)C[C@@H](O)c2ccccc2)no1. The summed E-state index contributed by atoms with van der Waals surface area (Å²) in [6, 6.07) is 9.62. The quantitative estimate of drug-likeness (QED) is 0.859. The number of aryl methyl sites for hydroxylation is 1. The zero-order valence-corrected chi connectivity index (χ0v) is 11.3. The van der Waals surface area contributed by atoms with Crippen molar-refractivity contribution in [3.63, 3.8) is 0 Å². The molecule has 0 unspecified atom stereocenters. The van der Waals surface area contributed by atoms with Gasteiger partial charge in [-0.3, -0.25) is 4.90 Å². The first-order valence-corrected chi connectivity index (χ1v) is 6.42. The van der Waals surface area contributed by atoms with Crippen LogP contribution in [-0.2, 0) is 13.0 Å². The lowest BCUT2D eigenvalue weighted by Crippen LogP contribution is -2.24. The van der Waals surface area contributed by atoms with Crippen LogP contribution in [0.3, 0.4) is 0 Å². The molecule has 0 spiro atoms. The molecule has 0 bridgehead atoms. The summed E-state index contributed by atoms with van der Waals surface area (Å²) in [4.78, 5) is 6.22. The van der Waals surface area contributed by atoms with Crippen LogP contribution in [0.1, 0.15) is 30.3 Å². The minimum atomic E-state index is -0.510. The van der Waals surface area contributed by atoms with Gasteiger partial charge in [0.2, 0.25) is 5.89 Å². The number of hydrogen-bond acceptors (Lipinski definition) is 5. The third kappa shape index (κ3) is 3.87. The summed E-state index contributed by atoms with van der Waals surface area (Å²) in [7, 11) is 1.92. The minimum Gasteiger partial charge on any atom is -0.387 e. The normalized spacial score (nSPS) is 12.8. The fourth-order valence-corrected chi connectivity index (χ4v) is 1.88. The van der Waals surface area contributed by atoms with Crippen molar-refractivity contribution in [1.82, 2.24) is 15.0 Å². The van der Waals surface area contributed by atoms with Crippen molar-refractivity contribution in [1.29, 1.82) is 0 Å². The summed E-state index contributed by atoms with van der Waals surface area (Å²) >= 11 is 0. The summed E-state index contributed by atoms with van der Waals surface area (Å²) in [6.45, 7) is 3.06. The first kappa shape index (κ1) is 13.7. The van der Waals surface area contributed by atoms with Crippen LogP contribution in [0, 0.1) is 0 Å². The lowest BCUT2D eigenvalue weighted by molar-refractivity contribution is 0.122.